The molecule has 1 rings (SSSR count). The van der Waals surface area contributed by atoms with Gasteiger partial charge in [-0.2, -0.15) is 0 Å². The van der Waals surface area contributed by atoms with E-state index in [1.165, 1.54) is 122 Å². The second kappa shape index (κ2) is 37.9. The van der Waals surface area contributed by atoms with Crippen molar-refractivity contribution in [1.29, 1.82) is 0 Å². The SMILES string of the molecule is CCCCCC/C=C\CCCCCCCC(=O)OC(COC(=O)CCCCCCCCCCCCCCCCCCCCC)COP(=O)(O)OC1C(O)C(O)C(O)C(O)C1O. The topological polar surface area (TPSA) is 210 Å². The molecule has 0 radical (unpaired) electrons. The molecule has 1 aliphatic carbocycles. The van der Waals surface area contributed by atoms with Crippen molar-refractivity contribution >= 4 is 19.8 Å². The molecule has 1 aliphatic rings. The van der Waals surface area contributed by atoms with Gasteiger partial charge in [-0.05, 0) is 38.5 Å². The molecule has 6 atom stereocenters. The van der Waals surface area contributed by atoms with E-state index >= 15 is 0 Å². The Bertz CT molecular complexity index is 1120. The highest BCUT2D eigenvalue weighted by molar-refractivity contribution is 7.47. The zero-order valence-corrected chi connectivity index (χ0v) is 39.1. The average molecular weight is 893 g/mol. The van der Waals surface area contributed by atoms with Gasteiger partial charge in [0, 0.05) is 12.8 Å². The first-order chi connectivity index (χ1) is 29.4. The lowest BCUT2D eigenvalue weighted by atomic mass is 9.85. The van der Waals surface area contributed by atoms with Crippen molar-refractivity contribution in [3.05, 3.63) is 12.2 Å². The van der Waals surface area contributed by atoms with E-state index in [2.05, 4.69) is 26.0 Å². The predicted octanol–water partition coefficient (Wildman–Crippen LogP) is 9.84. The van der Waals surface area contributed by atoms with Gasteiger partial charge in [0.15, 0.2) is 6.10 Å². The minimum absolute atomic E-state index is 0.0906. The Balaban J connectivity index is 2.39. The lowest BCUT2D eigenvalue weighted by molar-refractivity contribution is -0.220. The highest BCUT2D eigenvalue weighted by atomic mass is 31.2. The molecule has 0 aliphatic heterocycles. The number of unbranched alkanes of at least 4 members (excludes halogenated alkanes) is 27. The van der Waals surface area contributed by atoms with Crippen molar-refractivity contribution < 1.29 is 63.1 Å². The Labute approximate surface area is 369 Å². The summed E-state index contributed by atoms with van der Waals surface area (Å²) in [5.74, 6) is -1.10. The van der Waals surface area contributed by atoms with Gasteiger partial charge in [-0.15, -0.1) is 0 Å². The van der Waals surface area contributed by atoms with Gasteiger partial charge >= 0.3 is 19.8 Å². The molecule has 0 aromatic rings. The fourth-order valence-electron chi connectivity index (χ4n) is 7.64. The van der Waals surface area contributed by atoms with Crippen LogP contribution >= 0.6 is 7.82 Å². The highest BCUT2D eigenvalue weighted by Gasteiger charge is 2.51. The molecule has 61 heavy (non-hydrogen) atoms. The van der Waals surface area contributed by atoms with Crippen molar-refractivity contribution in [1.82, 2.24) is 0 Å². The van der Waals surface area contributed by atoms with Crippen LogP contribution < -0.4 is 0 Å². The lowest BCUT2D eigenvalue weighted by Crippen LogP contribution is -2.64. The van der Waals surface area contributed by atoms with Crippen molar-refractivity contribution in [2.75, 3.05) is 13.2 Å². The lowest BCUT2D eigenvalue weighted by Gasteiger charge is -2.41. The molecule has 0 aromatic heterocycles. The maximum Gasteiger partial charge on any atom is 0.472 e. The number of carbonyl (C=O) groups is 2. The molecule has 0 heterocycles. The third-order valence-electron chi connectivity index (χ3n) is 11.6. The third kappa shape index (κ3) is 30.4. The monoisotopic (exact) mass is 893 g/mol. The quantitative estimate of drug-likeness (QED) is 0.0146. The van der Waals surface area contributed by atoms with Gasteiger partial charge in [0.2, 0.25) is 0 Å². The number of aliphatic hydroxyl groups is 5. The van der Waals surface area contributed by atoms with Crippen molar-refractivity contribution in [2.45, 2.75) is 262 Å². The zero-order chi connectivity index (χ0) is 45.0. The number of phosphoric ester groups is 1. The predicted molar refractivity (Wildman–Crippen MR) is 240 cm³/mol. The summed E-state index contributed by atoms with van der Waals surface area (Å²) in [5, 5.41) is 50.2. The van der Waals surface area contributed by atoms with Crippen LogP contribution in [0.25, 0.3) is 0 Å². The molecular weight excluding hydrogens is 803 g/mol. The van der Waals surface area contributed by atoms with E-state index in [9.17, 15) is 44.6 Å². The number of rotatable bonds is 41. The van der Waals surface area contributed by atoms with E-state index in [4.69, 9.17) is 18.5 Å². The van der Waals surface area contributed by atoms with E-state index in [1.54, 1.807) is 0 Å². The molecule has 0 bridgehead atoms. The van der Waals surface area contributed by atoms with Crippen LogP contribution in [0.2, 0.25) is 0 Å². The van der Waals surface area contributed by atoms with E-state index in [1.807, 2.05) is 0 Å². The summed E-state index contributed by atoms with van der Waals surface area (Å²) in [4.78, 5) is 35.7. The maximum atomic E-state index is 12.8. The minimum Gasteiger partial charge on any atom is -0.462 e. The van der Waals surface area contributed by atoms with Gasteiger partial charge in [-0.1, -0.05) is 180 Å². The number of aliphatic hydroxyl groups excluding tert-OH is 5. The van der Waals surface area contributed by atoms with E-state index in [0.717, 1.165) is 57.8 Å². The van der Waals surface area contributed by atoms with Crippen molar-refractivity contribution in [3.63, 3.8) is 0 Å². The second-order valence-electron chi connectivity index (χ2n) is 17.3. The van der Waals surface area contributed by atoms with Gasteiger partial charge in [0.1, 0.15) is 43.2 Å². The summed E-state index contributed by atoms with van der Waals surface area (Å²) >= 11 is 0. The Morgan fingerprint density at radius 3 is 1.26 bits per heavy atom. The number of allylic oxidation sites excluding steroid dienone is 2. The molecule has 1 fully saturated rings. The van der Waals surface area contributed by atoms with Gasteiger partial charge in [0.25, 0.3) is 0 Å². The van der Waals surface area contributed by atoms with Crippen LogP contribution in [0.15, 0.2) is 12.2 Å². The van der Waals surface area contributed by atoms with Crippen LogP contribution in [0.4, 0.5) is 0 Å². The molecule has 360 valence electrons. The fraction of sp³-hybridized carbons (Fsp3) is 0.915. The Morgan fingerprint density at radius 2 is 0.836 bits per heavy atom. The minimum atomic E-state index is -5.11. The summed E-state index contributed by atoms with van der Waals surface area (Å²) in [5.41, 5.74) is 0. The van der Waals surface area contributed by atoms with Gasteiger partial charge in [0.05, 0.1) is 6.61 Å². The molecule has 0 spiro atoms. The molecule has 0 amide bonds. The first-order valence-electron chi connectivity index (χ1n) is 24.5. The fourth-order valence-corrected chi connectivity index (χ4v) is 8.61. The number of carbonyl (C=O) groups excluding carboxylic acids is 2. The number of ether oxygens (including phenoxy) is 2. The molecule has 0 saturated heterocycles. The van der Waals surface area contributed by atoms with Gasteiger partial charge in [-0.3, -0.25) is 18.6 Å². The van der Waals surface area contributed by atoms with E-state index in [0.29, 0.717) is 12.8 Å². The number of hydrogen-bond acceptors (Lipinski definition) is 12. The zero-order valence-electron chi connectivity index (χ0n) is 38.2. The van der Waals surface area contributed by atoms with Crippen LogP contribution in [-0.4, -0.2) is 98.3 Å². The smallest absolute Gasteiger partial charge is 0.462 e. The molecule has 14 heteroatoms. The molecule has 13 nitrogen and oxygen atoms in total. The Morgan fingerprint density at radius 1 is 0.492 bits per heavy atom. The van der Waals surface area contributed by atoms with Crippen LogP contribution in [-0.2, 0) is 32.7 Å². The van der Waals surface area contributed by atoms with Crippen LogP contribution in [0, 0.1) is 0 Å². The van der Waals surface area contributed by atoms with Gasteiger partial charge in [-0.25, -0.2) is 4.57 Å². The van der Waals surface area contributed by atoms with Gasteiger partial charge < -0.3 is 39.9 Å². The Kier molecular flexibility index (Phi) is 35.8. The summed E-state index contributed by atoms with van der Waals surface area (Å²) in [6, 6.07) is 0. The summed E-state index contributed by atoms with van der Waals surface area (Å²) in [6.45, 7) is 3.30. The molecular formula is C47H89O13P. The van der Waals surface area contributed by atoms with Crippen molar-refractivity contribution in [3.8, 4) is 0 Å². The highest BCUT2D eigenvalue weighted by Crippen LogP contribution is 2.47. The number of esters is 2. The first-order valence-corrected chi connectivity index (χ1v) is 26.0. The largest absolute Gasteiger partial charge is 0.472 e. The standard InChI is InChI=1S/C47H89O13P/c1-3-5-7-9-11-13-15-17-18-19-20-21-22-24-25-27-29-31-33-35-40(48)57-37-39(38-58-61(55,56)60-47-45(53)43(51)42(50)44(52)46(47)54)59-41(49)36-34-32-30-28-26-23-16-14-12-10-8-6-4-2/h14,16,39,42-47,50-54H,3-13,15,17-38H2,1-2H3,(H,55,56)/b16-14-. The molecule has 6 unspecified atom stereocenters. The molecule has 1 saturated carbocycles. The summed E-state index contributed by atoms with van der Waals surface area (Å²) in [6.07, 6.45) is 27.0. The first kappa shape index (κ1) is 57.6. The number of phosphoric acid groups is 1. The van der Waals surface area contributed by atoms with Crippen molar-refractivity contribution in [2.24, 2.45) is 0 Å². The second-order valence-corrected chi connectivity index (χ2v) is 18.7. The van der Waals surface area contributed by atoms with Crippen LogP contribution in [0.3, 0.4) is 0 Å². The molecule has 6 N–H and O–H groups in total. The van der Waals surface area contributed by atoms with E-state index < -0.39 is 75.7 Å². The Hall–Kier alpha value is -1.41. The summed E-state index contributed by atoms with van der Waals surface area (Å²) < 4.78 is 33.6. The summed E-state index contributed by atoms with van der Waals surface area (Å²) in [7, 11) is -5.11. The number of hydrogen-bond donors (Lipinski definition) is 6. The van der Waals surface area contributed by atoms with E-state index in [-0.39, 0.29) is 12.8 Å². The third-order valence-corrected chi connectivity index (χ3v) is 12.6. The van der Waals surface area contributed by atoms with Crippen LogP contribution in [0.1, 0.15) is 219 Å². The van der Waals surface area contributed by atoms with Crippen LogP contribution in [0.5, 0.6) is 0 Å². The average Bonchev–Trinajstić information content (AvgIpc) is 3.24. The normalized spacial score (nSPS) is 22.0. The molecule has 0 aromatic carbocycles. The maximum absolute atomic E-state index is 12.8.